The van der Waals surface area contributed by atoms with E-state index < -0.39 is 0 Å². The van der Waals surface area contributed by atoms with E-state index in [0.717, 1.165) is 36.9 Å². The van der Waals surface area contributed by atoms with Gasteiger partial charge >= 0.3 is 0 Å². The van der Waals surface area contributed by atoms with Crippen molar-refractivity contribution in [3.05, 3.63) is 34.5 Å². The van der Waals surface area contributed by atoms with E-state index in [4.69, 9.17) is 0 Å². The third-order valence-corrected chi connectivity index (χ3v) is 5.38. The Morgan fingerprint density at radius 3 is 2.71 bits per heavy atom. The van der Waals surface area contributed by atoms with Crippen molar-refractivity contribution in [2.24, 2.45) is 0 Å². The standard InChI is InChI=1S/C17H23N5OS/c1-17(2,3)15-20-10-13(24-15)14(23)21-12-6-4-9-22(11-12)16-18-7-5-8-19-16/h5,7-8,10,12H,4,6,9,11H2,1-3H3,(H,21,23). The molecule has 0 aromatic carbocycles. The highest BCUT2D eigenvalue weighted by molar-refractivity contribution is 7.13. The van der Waals surface area contributed by atoms with Crippen LogP contribution in [0.2, 0.25) is 0 Å². The normalized spacial score (nSPS) is 18.5. The van der Waals surface area contributed by atoms with Gasteiger partial charge in [-0.2, -0.15) is 0 Å². The van der Waals surface area contributed by atoms with E-state index in [2.05, 4.69) is 45.9 Å². The van der Waals surface area contributed by atoms with Crippen LogP contribution in [0.1, 0.15) is 48.3 Å². The minimum absolute atomic E-state index is 0.0323. The zero-order valence-corrected chi connectivity index (χ0v) is 15.1. The lowest BCUT2D eigenvalue weighted by molar-refractivity contribution is 0.0937. The lowest BCUT2D eigenvalue weighted by Crippen LogP contribution is -2.48. The third-order valence-electron chi connectivity index (χ3n) is 3.96. The molecule has 1 aliphatic heterocycles. The van der Waals surface area contributed by atoms with Gasteiger partial charge in [0, 0.05) is 36.9 Å². The van der Waals surface area contributed by atoms with E-state index in [1.54, 1.807) is 18.6 Å². The first-order chi connectivity index (χ1) is 11.4. The molecule has 1 amide bonds. The van der Waals surface area contributed by atoms with Crippen LogP contribution < -0.4 is 10.2 Å². The van der Waals surface area contributed by atoms with Gasteiger partial charge in [-0.3, -0.25) is 4.79 Å². The summed E-state index contributed by atoms with van der Waals surface area (Å²) in [7, 11) is 0. The van der Waals surface area contributed by atoms with Gasteiger partial charge in [0.1, 0.15) is 4.88 Å². The molecule has 1 fully saturated rings. The molecule has 0 saturated carbocycles. The van der Waals surface area contributed by atoms with Crippen LogP contribution in [0.25, 0.3) is 0 Å². The summed E-state index contributed by atoms with van der Waals surface area (Å²) in [5, 5.41) is 4.12. The molecule has 24 heavy (non-hydrogen) atoms. The molecule has 1 N–H and O–H groups in total. The molecule has 1 atom stereocenters. The number of carbonyl (C=O) groups excluding carboxylic acids is 1. The topological polar surface area (TPSA) is 71.0 Å². The Morgan fingerprint density at radius 1 is 1.29 bits per heavy atom. The van der Waals surface area contributed by atoms with Gasteiger partial charge in [0.05, 0.1) is 11.2 Å². The monoisotopic (exact) mass is 345 g/mol. The second-order valence-corrected chi connectivity index (χ2v) is 8.12. The van der Waals surface area contributed by atoms with Gasteiger partial charge < -0.3 is 10.2 Å². The predicted octanol–water partition coefficient (Wildman–Crippen LogP) is 2.63. The van der Waals surface area contributed by atoms with Gasteiger partial charge in [-0.15, -0.1) is 11.3 Å². The molecule has 7 heteroatoms. The zero-order chi connectivity index (χ0) is 17.2. The van der Waals surface area contributed by atoms with E-state index in [1.807, 2.05) is 6.07 Å². The van der Waals surface area contributed by atoms with Gasteiger partial charge in [0.25, 0.3) is 5.91 Å². The highest BCUT2D eigenvalue weighted by Crippen LogP contribution is 2.27. The predicted molar refractivity (Wildman–Crippen MR) is 95.5 cm³/mol. The van der Waals surface area contributed by atoms with Crippen molar-refractivity contribution in [1.82, 2.24) is 20.3 Å². The lowest BCUT2D eigenvalue weighted by Gasteiger charge is -2.32. The Labute approximate surface area is 146 Å². The van der Waals surface area contributed by atoms with Crippen molar-refractivity contribution in [2.75, 3.05) is 18.0 Å². The second kappa shape index (κ2) is 6.84. The molecule has 3 heterocycles. The number of piperidine rings is 1. The third kappa shape index (κ3) is 3.90. The quantitative estimate of drug-likeness (QED) is 0.926. The van der Waals surface area contributed by atoms with E-state index >= 15 is 0 Å². The van der Waals surface area contributed by atoms with E-state index in [0.29, 0.717) is 4.88 Å². The Morgan fingerprint density at radius 2 is 2.04 bits per heavy atom. The Kier molecular flexibility index (Phi) is 4.80. The largest absolute Gasteiger partial charge is 0.347 e. The summed E-state index contributed by atoms with van der Waals surface area (Å²) in [6.07, 6.45) is 7.16. The number of carbonyl (C=O) groups is 1. The van der Waals surface area contributed by atoms with Gasteiger partial charge in [0.15, 0.2) is 0 Å². The van der Waals surface area contributed by atoms with Crippen LogP contribution in [0.5, 0.6) is 0 Å². The molecule has 0 aliphatic carbocycles. The molecule has 128 valence electrons. The summed E-state index contributed by atoms with van der Waals surface area (Å²) >= 11 is 1.47. The Bertz CT molecular complexity index is 695. The van der Waals surface area contributed by atoms with Crippen LogP contribution >= 0.6 is 11.3 Å². The molecule has 3 rings (SSSR count). The van der Waals surface area contributed by atoms with E-state index in [-0.39, 0.29) is 17.4 Å². The van der Waals surface area contributed by atoms with Crippen molar-refractivity contribution >= 4 is 23.2 Å². The smallest absolute Gasteiger partial charge is 0.263 e. The summed E-state index contributed by atoms with van der Waals surface area (Å²) in [5.74, 6) is 0.688. The average Bonchev–Trinajstić information content (AvgIpc) is 3.06. The molecule has 0 spiro atoms. The highest BCUT2D eigenvalue weighted by atomic mass is 32.1. The molecule has 0 radical (unpaired) electrons. The Balaban J connectivity index is 1.63. The van der Waals surface area contributed by atoms with Gasteiger partial charge in [-0.05, 0) is 18.9 Å². The first-order valence-corrected chi connectivity index (χ1v) is 9.04. The first-order valence-electron chi connectivity index (χ1n) is 8.22. The van der Waals surface area contributed by atoms with Crippen molar-refractivity contribution in [2.45, 2.75) is 45.1 Å². The fourth-order valence-electron chi connectivity index (χ4n) is 2.71. The number of hydrogen-bond donors (Lipinski definition) is 1. The van der Waals surface area contributed by atoms with Gasteiger partial charge in [0.2, 0.25) is 5.95 Å². The number of amides is 1. The fourth-order valence-corrected chi connectivity index (χ4v) is 3.59. The summed E-state index contributed by atoms with van der Waals surface area (Å²) in [6.45, 7) is 7.97. The molecular formula is C17H23N5OS. The summed E-state index contributed by atoms with van der Waals surface area (Å²) in [5.41, 5.74) is -0.0323. The van der Waals surface area contributed by atoms with E-state index in [9.17, 15) is 4.79 Å². The summed E-state index contributed by atoms with van der Waals surface area (Å²) < 4.78 is 0. The van der Waals surface area contributed by atoms with Crippen molar-refractivity contribution in [1.29, 1.82) is 0 Å². The fraction of sp³-hybridized carbons (Fsp3) is 0.529. The Hall–Kier alpha value is -2.02. The molecule has 2 aromatic rings. The summed E-state index contributed by atoms with van der Waals surface area (Å²) in [6, 6.07) is 1.92. The summed E-state index contributed by atoms with van der Waals surface area (Å²) in [4.78, 5) is 28.3. The number of nitrogens with zero attached hydrogens (tertiary/aromatic N) is 4. The zero-order valence-electron chi connectivity index (χ0n) is 14.3. The van der Waals surface area contributed by atoms with Gasteiger partial charge in [-0.25, -0.2) is 15.0 Å². The first kappa shape index (κ1) is 16.8. The van der Waals surface area contributed by atoms with Crippen LogP contribution in [-0.4, -0.2) is 40.0 Å². The van der Waals surface area contributed by atoms with Crippen molar-refractivity contribution in [3.63, 3.8) is 0 Å². The minimum Gasteiger partial charge on any atom is -0.347 e. The number of hydrogen-bond acceptors (Lipinski definition) is 6. The highest BCUT2D eigenvalue weighted by Gasteiger charge is 2.25. The van der Waals surface area contributed by atoms with Crippen LogP contribution in [0.3, 0.4) is 0 Å². The molecule has 0 bridgehead atoms. The van der Waals surface area contributed by atoms with Crippen molar-refractivity contribution in [3.8, 4) is 0 Å². The van der Waals surface area contributed by atoms with Crippen LogP contribution in [0.4, 0.5) is 5.95 Å². The maximum Gasteiger partial charge on any atom is 0.263 e. The second-order valence-electron chi connectivity index (χ2n) is 7.09. The number of nitrogens with one attached hydrogen (secondary N) is 1. The minimum atomic E-state index is -0.0381. The van der Waals surface area contributed by atoms with E-state index in [1.165, 1.54) is 11.3 Å². The van der Waals surface area contributed by atoms with Crippen LogP contribution in [0, 0.1) is 0 Å². The molecule has 1 aliphatic rings. The maximum atomic E-state index is 12.5. The molecular weight excluding hydrogens is 322 g/mol. The molecule has 2 aromatic heterocycles. The van der Waals surface area contributed by atoms with Gasteiger partial charge in [-0.1, -0.05) is 20.8 Å². The van der Waals surface area contributed by atoms with Crippen molar-refractivity contribution < 1.29 is 4.79 Å². The number of rotatable bonds is 3. The number of thiazole rings is 1. The van der Waals surface area contributed by atoms with Crippen LogP contribution in [-0.2, 0) is 5.41 Å². The number of anilines is 1. The maximum absolute atomic E-state index is 12.5. The molecule has 6 nitrogen and oxygen atoms in total. The average molecular weight is 345 g/mol. The molecule has 1 saturated heterocycles. The lowest BCUT2D eigenvalue weighted by atomic mass is 9.98. The van der Waals surface area contributed by atoms with Crippen LogP contribution in [0.15, 0.2) is 24.7 Å². The number of aromatic nitrogens is 3. The molecule has 1 unspecified atom stereocenters. The SMILES string of the molecule is CC(C)(C)c1ncc(C(=O)NC2CCCN(c3ncccn3)C2)s1.